The van der Waals surface area contributed by atoms with Crippen molar-refractivity contribution in [3.8, 4) is 0 Å². The lowest BCUT2D eigenvalue weighted by Crippen LogP contribution is -2.45. The van der Waals surface area contributed by atoms with Gasteiger partial charge in [-0.05, 0) is 88.7 Å². The molecule has 0 aromatic heterocycles. The van der Waals surface area contributed by atoms with Crippen LogP contribution in [0.1, 0.15) is 108 Å². The molecule has 1 aliphatic carbocycles. The third kappa shape index (κ3) is 12.9. The summed E-state index contributed by atoms with van der Waals surface area (Å²) in [5, 5.41) is 0.242. The highest BCUT2D eigenvalue weighted by atomic mass is 28.4. The maximum atomic E-state index is 12.6. The minimum absolute atomic E-state index is 0.000900. The normalized spacial score (nSPS) is 20.2. The first-order chi connectivity index (χ1) is 19.2. The molecule has 5 nitrogen and oxygen atoms in total. The van der Waals surface area contributed by atoms with Crippen LogP contribution in [0.15, 0.2) is 23.5 Å². The summed E-state index contributed by atoms with van der Waals surface area (Å²) in [5.74, 6) is 0.946. The van der Waals surface area contributed by atoms with Crippen LogP contribution in [-0.4, -0.2) is 49.7 Å². The van der Waals surface area contributed by atoms with E-state index in [0.717, 1.165) is 25.0 Å². The third-order valence-corrected chi connectivity index (χ3v) is 19.2. The average molecular weight is 655 g/mol. The highest BCUT2D eigenvalue weighted by Gasteiger charge is 2.45. The third-order valence-electron chi connectivity index (χ3n) is 9.32. The van der Waals surface area contributed by atoms with Gasteiger partial charge in [0.25, 0.3) is 0 Å². The topological polar surface area (TPSA) is 54.0 Å². The van der Waals surface area contributed by atoms with Crippen molar-refractivity contribution >= 4 is 30.9 Å². The fraction of sp³-hybridized carbons (Fsp3) is 0.857. The number of rotatable bonds is 15. The highest BCUT2D eigenvalue weighted by Crippen LogP contribution is 2.45. The lowest BCUT2D eigenvalue weighted by atomic mass is 9.95. The molecular weight excluding hydrogens is 585 g/mol. The lowest BCUT2D eigenvalue weighted by molar-refractivity contribution is -0.152. The Bertz CT molecular complexity index is 956. The van der Waals surface area contributed by atoms with E-state index in [1.807, 2.05) is 20.8 Å². The van der Waals surface area contributed by atoms with E-state index in [4.69, 9.17) is 18.0 Å². The van der Waals surface area contributed by atoms with Gasteiger partial charge in [-0.15, -0.1) is 0 Å². The van der Waals surface area contributed by atoms with Crippen molar-refractivity contribution in [2.24, 2.45) is 11.3 Å². The molecule has 8 heteroatoms. The summed E-state index contributed by atoms with van der Waals surface area (Å²) in [5.41, 5.74) is 0.700. The molecule has 0 radical (unpaired) electrons. The molecule has 252 valence electrons. The van der Waals surface area contributed by atoms with Gasteiger partial charge in [0, 0.05) is 18.8 Å². The molecule has 0 saturated heterocycles. The minimum atomic E-state index is -2.06. The Morgan fingerprint density at radius 3 is 1.91 bits per heavy atom. The van der Waals surface area contributed by atoms with Gasteiger partial charge in [-0.25, -0.2) is 0 Å². The fourth-order valence-corrected chi connectivity index (χ4v) is 8.20. The number of hydrogen-bond donors (Lipinski definition) is 0. The molecule has 43 heavy (non-hydrogen) atoms. The van der Waals surface area contributed by atoms with Crippen LogP contribution in [0.25, 0.3) is 0 Å². The SMILES string of the molecule is CCCCC[C@@H](/C=C/[C@@H]1C(CCOC(=O)C(C)(C)C)=C(O[Si](C)(C)C)C[C@H]1O[Si](C)(C)C(C)(C)C)O[Si](C)(C)C(C)(C)C. The van der Waals surface area contributed by atoms with E-state index < -0.39 is 30.4 Å². The number of carbonyl (C=O) groups is 1. The molecule has 0 bridgehead atoms. The first-order valence-electron chi connectivity index (χ1n) is 16.8. The van der Waals surface area contributed by atoms with Crippen molar-refractivity contribution in [2.75, 3.05) is 6.61 Å². The van der Waals surface area contributed by atoms with Gasteiger partial charge >= 0.3 is 5.97 Å². The Morgan fingerprint density at radius 2 is 1.44 bits per heavy atom. The van der Waals surface area contributed by atoms with Crippen LogP contribution in [0.3, 0.4) is 0 Å². The molecular formula is C35H70O5Si3. The molecule has 1 aliphatic rings. The molecule has 0 unspecified atom stereocenters. The average Bonchev–Trinajstić information content (AvgIpc) is 3.08. The molecule has 0 fully saturated rings. The Hall–Kier alpha value is -0.679. The van der Waals surface area contributed by atoms with E-state index in [1.54, 1.807) is 0 Å². The minimum Gasteiger partial charge on any atom is -0.547 e. The van der Waals surface area contributed by atoms with Gasteiger partial charge in [-0.2, -0.15) is 0 Å². The standard InChI is InChI=1S/C35H70O5Si3/c1-18-19-20-21-27(38-42(14,15)34(5,6)7)22-23-28-29(24-25-37-32(36)33(2,3)4)30(39-41(11,12)13)26-31(28)40-43(16,17)35(8,9)10/h22-23,27-28,31H,18-21,24-26H2,1-17H3/b23-22+/t27-,28+,31+/m0/s1. The molecule has 0 heterocycles. The van der Waals surface area contributed by atoms with Gasteiger partial charge in [-0.3, -0.25) is 4.79 Å². The number of unbranched alkanes of at least 4 members (excludes halogenated alkanes) is 2. The summed E-state index contributed by atoms with van der Waals surface area (Å²) >= 11 is 0. The Balaban J connectivity index is 3.57. The van der Waals surface area contributed by atoms with Crippen LogP contribution in [-0.2, 0) is 22.8 Å². The van der Waals surface area contributed by atoms with Crippen molar-refractivity contribution in [3.63, 3.8) is 0 Å². The summed E-state index contributed by atoms with van der Waals surface area (Å²) < 4.78 is 26.7. The molecule has 0 spiro atoms. The first kappa shape index (κ1) is 40.3. The summed E-state index contributed by atoms with van der Waals surface area (Å²) in [6, 6.07) is 0. The van der Waals surface area contributed by atoms with E-state index in [2.05, 4.69) is 106 Å². The Morgan fingerprint density at radius 1 is 0.884 bits per heavy atom. The zero-order valence-electron chi connectivity index (χ0n) is 31.4. The number of hydrogen-bond acceptors (Lipinski definition) is 5. The predicted octanol–water partition coefficient (Wildman–Crippen LogP) is 11.0. The fourth-order valence-electron chi connectivity index (χ4n) is 4.60. The molecule has 0 saturated carbocycles. The Kier molecular flexibility index (Phi) is 14.3. The van der Waals surface area contributed by atoms with E-state index in [0.29, 0.717) is 13.0 Å². The van der Waals surface area contributed by atoms with Crippen LogP contribution in [0.5, 0.6) is 0 Å². The first-order valence-corrected chi connectivity index (χ1v) is 26.1. The van der Waals surface area contributed by atoms with Crippen molar-refractivity contribution in [2.45, 2.75) is 176 Å². The van der Waals surface area contributed by atoms with Crippen LogP contribution < -0.4 is 0 Å². The molecule has 1 rings (SSSR count). The van der Waals surface area contributed by atoms with E-state index in [9.17, 15) is 4.79 Å². The van der Waals surface area contributed by atoms with Gasteiger partial charge in [0.15, 0.2) is 16.6 Å². The van der Waals surface area contributed by atoms with Gasteiger partial charge in [0.1, 0.15) is 0 Å². The molecule has 3 atom stereocenters. The lowest BCUT2D eigenvalue weighted by Gasteiger charge is -2.40. The number of carbonyl (C=O) groups excluding carboxylic acids is 1. The van der Waals surface area contributed by atoms with Crippen molar-refractivity contribution in [3.05, 3.63) is 23.5 Å². The summed E-state index contributed by atoms with van der Waals surface area (Å²) in [6.45, 7) is 38.2. The summed E-state index contributed by atoms with van der Waals surface area (Å²) in [4.78, 5) is 12.6. The van der Waals surface area contributed by atoms with Gasteiger partial charge < -0.3 is 18.0 Å². The summed E-state index contributed by atoms with van der Waals surface area (Å²) in [6.07, 6.45) is 10.8. The van der Waals surface area contributed by atoms with Crippen molar-refractivity contribution in [1.29, 1.82) is 0 Å². The zero-order chi connectivity index (χ0) is 33.7. The second-order valence-corrected chi connectivity index (χ2v) is 31.7. The quantitative estimate of drug-likeness (QED) is 0.0761. The largest absolute Gasteiger partial charge is 0.547 e. The van der Waals surface area contributed by atoms with Crippen LogP contribution in [0, 0.1) is 11.3 Å². The van der Waals surface area contributed by atoms with Crippen LogP contribution >= 0.6 is 0 Å². The van der Waals surface area contributed by atoms with Crippen LogP contribution in [0.2, 0.25) is 55.9 Å². The van der Waals surface area contributed by atoms with E-state index in [1.165, 1.54) is 18.4 Å². The maximum Gasteiger partial charge on any atom is 0.311 e. The van der Waals surface area contributed by atoms with Crippen LogP contribution in [0.4, 0.5) is 0 Å². The monoisotopic (exact) mass is 654 g/mol. The van der Waals surface area contributed by atoms with Gasteiger partial charge in [0.05, 0.1) is 30.0 Å². The van der Waals surface area contributed by atoms with Crippen molar-refractivity contribution < 1.29 is 22.8 Å². The predicted molar refractivity (Wildman–Crippen MR) is 192 cm³/mol. The van der Waals surface area contributed by atoms with E-state index >= 15 is 0 Å². The zero-order valence-corrected chi connectivity index (χ0v) is 34.4. The molecule has 0 aromatic rings. The second-order valence-electron chi connectivity index (χ2n) is 17.7. The van der Waals surface area contributed by atoms with E-state index in [-0.39, 0.29) is 34.2 Å². The smallest absolute Gasteiger partial charge is 0.311 e. The summed E-state index contributed by atoms with van der Waals surface area (Å²) in [7, 11) is -5.91. The van der Waals surface area contributed by atoms with Gasteiger partial charge in [0.2, 0.25) is 8.32 Å². The number of ether oxygens (including phenoxy) is 1. The highest BCUT2D eigenvalue weighted by molar-refractivity contribution is 6.74. The molecule has 0 amide bonds. The second kappa shape index (κ2) is 15.3. The van der Waals surface area contributed by atoms with Gasteiger partial charge in [-0.1, -0.05) is 79.9 Å². The Labute approximate surface area is 270 Å². The number of esters is 1. The maximum absolute atomic E-state index is 12.6. The molecule has 0 N–H and O–H groups in total. The van der Waals surface area contributed by atoms with Crippen molar-refractivity contribution in [1.82, 2.24) is 0 Å². The molecule has 0 aliphatic heterocycles. The molecule has 0 aromatic carbocycles.